The van der Waals surface area contributed by atoms with Crippen molar-refractivity contribution in [2.24, 2.45) is 10.2 Å². The first kappa shape index (κ1) is 23.0. The number of benzene rings is 1. The monoisotopic (exact) mass is 463 g/mol. The van der Waals surface area contributed by atoms with Gasteiger partial charge in [0.15, 0.2) is 17.5 Å². The van der Waals surface area contributed by atoms with Crippen molar-refractivity contribution in [1.82, 2.24) is 24.7 Å². The predicted octanol–water partition coefficient (Wildman–Crippen LogP) is 4.93. The van der Waals surface area contributed by atoms with Crippen molar-refractivity contribution >= 4 is 28.8 Å². The zero-order valence-electron chi connectivity index (χ0n) is 19.6. The minimum atomic E-state index is 0.163. The fourth-order valence-electron chi connectivity index (χ4n) is 3.56. The highest BCUT2D eigenvalue weighted by Gasteiger charge is 2.19. The molecule has 11 nitrogen and oxygen atoms in total. The number of hydrogen-bond donors (Lipinski definition) is 2. The summed E-state index contributed by atoms with van der Waals surface area (Å²) in [5.74, 6) is 1.23. The Balaban J connectivity index is 1.79. The SMILES string of the molecule is CNc1nc(Nc2cc(C)cc(C)c2)c(C#N)c(C)c1/N=N/c1c(C#N)cnn1-c1ncccn1. The summed E-state index contributed by atoms with van der Waals surface area (Å²) in [6.07, 6.45) is 4.49. The molecule has 0 amide bonds. The van der Waals surface area contributed by atoms with Crippen LogP contribution in [0.15, 0.2) is 53.1 Å². The zero-order valence-corrected chi connectivity index (χ0v) is 19.6. The van der Waals surface area contributed by atoms with Crippen molar-refractivity contribution in [3.63, 3.8) is 0 Å². The van der Waals surface area contributed by atoms with Gasteiger partial charge in [-0.15, -0.1) is 10.2 Å². The molecule has 0 atom stereocenters. The molecular weight excluding hydrogens is 442 g/mol. The Morgan fingerprint density at radius 3 is 2.29 bits per heavy atom. The maximum absolute atomic E-state index is 9.91. The van der Waals surface area contributed by atoms with Gasteiger partial charge in [-0.25, -0.2) is 15.0 Å². The molecule has 0 aliphatic rings. The molecule has 0 bridgehead atoms. The van der Waals surface area contributed by atoms with Gasteiger partial charge in [-0.05, 0) is 50.1 Å². The van der Waals surface area contributed by atoms with Gasteiger partial charge < -0.3 is 10.6 Å². The van der Waals surface area contributed by atoms with Crippen LogP contribution in [0.2, 0.25) is 0 Å². The fraction of sp³-hybridized carbons (Fsp3) is 0.167. The van der Waals surface area contributed by atoms with Crippen LogP contribution in [-0.2, 0) is 0 Å². The van der Waals surface area contributed by atoms with E-state index in [1.807, 2.05) is 32.0 Å². The van der Waals surface area contributed by atoms with Crippen LogP contribution >= 0.6 is 0 Å². The van der Waals surface area contributed by atoms with E-state index in [1.165, 1.54) is 10.9 Å². The van der Waals surface area contributed by atoms with Gasteiger partial charge in [0.2, 0.25) is 0 Å². The molecule has 4 aromatic rings. The normalized spacial score (nSPS) is 10.7. The van der Waals surface area contributed by atoms with Gasteiger partial charge in [-0.2, -0.15) is 20.3 Å². The third kappa shape index (κ3) is 4.65. The van der Waals surface area contributed by atoms with Crippen LogP contribution in [0.25, 0.3) is 5.95 Å². The molecular formula is C24H21N11. The average molecular weight is 464 g/mol. The van der Waals surface area contributed by atoms with Gasteiger partial charge in [0.1, 0.15) is 23.4 Å². The lowest BCUT2D eigenvalue weighted by molar-refractivity contribution is 0.803. The van der Waals surface area contributed by atoms with E-state index in [-0.39, 0.29) is 17.3 Å². The van der Waals surface area contributed by atoms with Crippen molar-refractivity contribution in [1.29, 1.82) is 10.5 Å². The number of nitrogens with zero attached hydrogens (tertiary/aromatic N) is 9. The molecule has 0 radical (unpaired) electrons. The minimum absolute atomic E-state index is 0.163. The predicted molar refractivity (Wildman–Crippen MR) is 130 cm³/mol. The van der Waals surface area contributed by atoms with Gasteiger partial charge in [0.05, 0.1) is 11.8 Å². The van der Waals surface area contributed by atoms with Crippen LogP contribution in [0.1, 0.15) is 27.8 Å². The zero-order chi connectivity index (χ0) is 24.9. The van der Waals surface area contributed by atoms with Crippen molar-refractivity contribution in [2.75, 3.05) is 17.7 Å². The largest absolute Gasteiger partial charge is 0.371 e. The third-order valence-corrected chi connectivity index (χ3v) is 5.10. The van der Waals surface area contributed by atoms with Crippen molar-refractivity contribution in [3.8, 4) is 18.1 Å². The van der Waals surface area contributed by atoms with Crippen LogP contribution in [0.3, 0.4) is 0 Å². The molecule has 0 unspecified atom stereocenters. The molecule has 35 heavy (non-hydrogen) atoms. The summed E-state index contributed by atoms with van der Waals surface area (Å²) < 4.78 is 1.32. The number of nitrogens with one attached hydrogen (secondary N) is 2. The molecule has 1 aromatic carbocycles. The number of pyridine rings is 1. The summed E-state index contributed by atoms with van der Waals surface area (Å²) in [5, 5.41) is 38.5. The molecule has 3 heterocycles. The summed E-state index contributed by atoms with van der Waals surface area (Å²) in [4.78, 5) is 12.9. The Kier molecular flexibility index (Phi) is 6.42. The number of hydrogen-bond acceptors (Lipinski definition) is 10. The van der Waals surface area contributed by atoms with Gasteiger partial charge in [-0.3, -0.25) is 0 Å². The van der Waals surface area contributed by atoms with E-state index in [4.69, 9.17) is 0 Å². The molecule has 4 rings (SSSR count). The van der Waals surface area contributed by atoms with Gasteiger partial charge in [-0.1, -0.05) is 6.07 Å². The van der Waals surface area contributed by atoms with Crippen molar-refractivity contribution in [3.05, 3.63) is 70.7 Å². The number of azo groups is 1. The van der Waals surface area contributed by atoms with Crippen molar-refractivity contribution in [2.45, 2.75) is 20.8 Å². The van der Waals surface area contributed by atoms with E-state index >= 15 is 0 Å². The van der Waals surface area contributed by atoms with Gasteiger partial charge in [0.25, 0.3) is 5.95 Å². The molecule has 0 aliphatic carbocycles. The number of aryl methyl sites for hydroxylation is 2. The molecule has 0 saturated heterocycles. The molecule has 0 spiro atoms. The van der Waals surface area contributed by atoms with E-state index in [2.05, 4.69) is 53.0 Å². The number of anilines is 3. The smallest absolute Gasteiger partial charge is 0.252 e. The third-order valence-electron chi connectivity index (χ3n) is 5.10. The van der Waals surface area contributed by atoms with E-state index in [9.17, 15) is 10.5 Å². The first-order valence-corrected chi connectivity index (χ1v) is 10.6. The Labute approximate surface area is 201 Å². The van der Waals surface area contributed by atoms with E-state index in [0.29, 0.717) is 28.5 Å². The van der Waals surface area contributed by atoms with Gasteiger partial charge in [0, 0.05) is 30.7 Å². The standard InChI is InChI=1S/C24H21N11/c1-14-8-15(2)10-18(9-14)31-21-19(12-26)16(3)20(22(27-4)32-21)33-34-23-17(11-25)13-30-35(23)24-28-6-5-7-29-24/h5-10,13H,1-4H3,(H2,27,31,32)/b34-33+. The van der Waals surface area contributed by atoms with E-state index < -0.39 is 0 Å². The summed E-state index contributed by atoms with van der Waals surface area (Å²) in [7, 11) is 1.70. The second-order valence-corrected chi connectivity index (χ2v) is 7.68. The maximum atomic E-state index is 9.91. The highest BCUT2D eigenvalue weighted by atomic mass is 15.4. The molecule has 2 N–H and O–H groups in total. The van der Waals surface area contributed by atoms with Crippen LogP contribution < -0.4 is 10.6 Å². The average Bonchev–Trinajstić information content (AvgIpc) is 3.26. The topological polar surface area (TPSA) is 153 Å². The number of rotatable bonds is 6. The highest BCUT2D eigenvalue weighted by Crippen LogP contribution is 2.36. The lowest BCUT2D eigenvalue weighted by Gasteiger charge is -2.15. The lowest BCUT2D eigenvalue weighted by atomic mass is 10.1. The number of nitriles is 2. The lowest BCUT2D eigenvalue weighted by Crippen LogP contribution is -2.04. The van der Waals surface area contributed by atoms with Crippen LogP contribution in [0.5, 0.6) is 0 Å². The molecule has 0 saturated carbocycles. The Bertz CT molecular complexity index is 1490. The van der Waals surface area contributed by atoms with Crippen LogP contribution in [-0.4, -0.2) is 31.8 Å². The maximum Gasteiger partial charge on any atom is 0.252 e. The summed E-state index contributed by atoms with van der Waals surface area (Å²) in [6.45, 7) is 5.78. The first-order valence-electron chi connectivity index (χ1n) is 10.6. The van der Waals surface area contributed by atoms with E-state index in [1.54, 1.807) is 32.4 Å². The van der Waals surface area contributed by atoms with Crippen molar-refractivity contribution < 1.29 is 0 Å². The molecule has 0 fully saturated rings. The molecule has 11 heteroatoms. The Hall–Kier alpha value is -5.16. The van der Waals surface area contributed by atoms with Crippen LogP contribution in [0, 0.1) is 43.4 Å². The van der Waals surface area contributed by atoms with E-state index in [0.717, 1.165) is 16.8 Å². The second-order valence-electron chi connectivity index (χ2n) is 7.68. The quantitative estimate of drug-likeness (QED) is 0.382. The van der Waals surface area contributed by atoms with Gasteiger partial charge >= 0.3 is 0 Å². The molecule has 172 valence electrons. The molecule has 0 aliphatic heterocycles. The first-order chi connectivity index (χ1) is 16.9. The number of aromatic nitrogens is 5. The highest BCUT2D eigenvalue weighted by molar-refractivity contribution is 5.76. The Morgan fingerprint density at radius 1 is 0.943 bits per heavy atom. The Morgan fingerprint density at radius 2 is 1.66 bits per heavy atom. The minimum Gasteiger partial charge on any atom is -0.371 e. The summed E-state index contributed by atoms with van der Waals surface area (Å²) >= 11 is 0. The van der Waals surface area contributed by atoms with Crippen LogP contribution in [0.4, 0.5) is 28.8 Å². The summed E-state index contributed by atoms with van der Waals surface area (Å²) in [5.41, 5.74) is 4.48. The fourth-order valence-corrected chi connectivity index (χ4v) is 3.56. The second kappa shape index (κ2) is 9.77. The molecule has 3 aromatic heterocycles. The summed E-state index contributed by atoms with van der Waals surface area (Å²) in [6, 6.07) is 12.0.